The van der Waals surface area contributed by atoms with Crippen LogP contribution in [0.15, 0.2) is 48.5 Å². The normalized spacial score (nSPS) is 10.2. The Bertz CT molecular complexity index is 1260. The lowest BCUT2D eigenvalue weighted by atomic mass is 10.0. The van der Waals surface area contributed by atoms with Crippen molar-refractivity contribution >= 4 is 34.7 Å². The summed E-state index contributed by atoms with van der Waals surface area (Å²) in [6.45, 7) is 1.74. The first-order valence-corrected chi connectivity index (χ1v) is 10.9. The van der Waals surface area contributed by atoms with Gasteiger partial charge in [-0.25, -0.2) is 9.59 Å². The summed E-state index contributed by atoms with van der Waals surface area (Å²) < 4.78 is 26.5. The summed E-state index contributed by atoms with van der Waals surface area (Å²) in [4.78, 5) is 24.7. The van der Waals surface area contributed by atoms with Crippen molar-refractivity contribution in [2.45, 2.75) is 6.92 Å². The van der Waals surface area contributed by atoms with Crippen molar-refractivity contribution in [3.05, 3.63) is 59.7 Å². The third-order valence-electron chi connectivity index (χ3n) is 5.24. The molecule has 0 heterocycles. The number of carbonyl (C=O) groups excluding carboxylic acids is 1. The monoisotopic (exact) mass is 496 g/mol. The molecule has 0 atom stereocenters. The SMILES string of the molecule is CCOC(=O)c1cc(Nc2ccc(OC)cc2OC)c(Nc2ccc(OC)cc2OC)cc1C(=O)O. The van der Waals surface area contributed by atoms with Gasteiger partial charge in [0.05, 0.1) is 68.9 Å². The van der Waals surface area contributed by atoms with E-state index in [0.29, 0.717) is 45.7 Å². The van der Waals surface area contributed by atoms with E-state index in [1.807, 2.05) is 0 Å². The number of aromatic carboxylic acids is 1. The number of carboxylic acid groups (broad SMARTS) is 1. The van der Waals surface area contributed by atoms with Gasteiger partial charge in [0.2, 0.25) is 0 Å². The van der Waals surface area contributed by atoms with Crippen LogP contribution in [-0.2, 0) is 4.74 Å². The molecular formula is C26H28N2O8. The van der Waals surface area contributed by atoms with E-state index in [0.717, 1.165) is 0 Å². The van der Waals surface area contributed by atoms with Crippen molar-refractivity contribution in [2.24, 2.45) is 0 Å². The summed E-state index contributed by atoms with van der Waals surface area (Å²) in [7, 11) is 6.11. The number of methoxy groups -OCH3 is 4. The van der Waals surface area contributed by atoms with E-state index in [9.17, 15) is 14.7 Å². The van der Waals surface area contributed by atoms with Gasteiger partial charge < -0.3 is 39.4 Å². The van der Waals surface area contributed by atoms with Gasteiger partial charge in [0.25, 0.3) is 0 Å². The maximum atomic E-state index is 12.6. The Kier molecular flexibility index (Phi) is 8.45. The van der Waals surface area contributed by atoms with Crippen LogP contribution in [0.1, 0.15) is 27.6 Å². The highest BCUT2D eigenvalue weighted by Gasteiger charge is 2.22. The molecule has 0 unspecified atom stereocenters. The number of esters is 1. The maximum absolute atomic E-state index is 12.6. The molecule has 3 aromatic rings. The average molecular weight is 497 g/mol. The first-order chi connectivity index (χ1) is 17.3. The first kappa shape index (κ1) is 26.0. The maximum Gasteiger partial charge on any atom is 0.339 e. The smallest absolute Gasteiger partial charge is 0.339 e. The fourth-order valence-electron chi connectivity index (χ4n) is 3.45. The van der Waals surface area contributed by atoms with Crippen molar-refractivity contribution in [2.75, 3.05) is 45.7 Å². The van der Waals surface area contributed by atoms with Gasteiger partial charge in [0.1, 0.15) is 23.0 Å². The lowest BCUT2D eigenvalue weighted by molar-refractivity contribution is 0.0514. The summed E-state index contributed by atoms with van der Waals surface area (Å²) >= 11 is 0. The van der Waals surface area contributed by atoms with Crippen molar-refractivity contribution in [1.29, 1.82) is 0 Å². The lowest BCUT2D eigenvalue weighted by Gasteiger charge is -2.20. The molecule has 10 nitrogen and oxygen atoms in total. The minimum Gasteiger partial charge on any atom is -0.497 e. The summed E-state index contributed by atoms with van der Waals surface area (Å²) in [5, 5.41) is 16.2. The molecular weight excluding hydrogens is 468 g/mol. The Morgan fingerprint density at radius 1 is 0.694 bits per heavy atom. The molecule has 3 rings (SSSR count). The second-order valence-electron chi connectivity index (χ2n) is 7.35. The minimum atomic E-state index is -1.28. The lowest BCUT2D eigenvalue weighted by Crippen LogP contribution is -2.13. The van der Waals surface area contributed by atoms with Crippen LogP contribution in [0.5, 0.6) is 23.0 Å². The summed E-state index contributed by atoms with van der Waals surface area (Å²) in [5.41, 5.74) is 1.53. The zero-order chi connectivity index (χ0) is 26.2. The van der Waals surface area contributed by atoms with Gasteiger partial charge in [-0.15, -0.1) is 0 Å². The Hall–Kier alpha value is -4.60. The van der Waals surface area contributed by atoms with Gasteiger partial charge >= 0.3 is 11.9 Å². The molecule has 0 radical (unpaired) electrons. The van der Waals surface area contributed by atoms with Gasteiger partial charge in [-0.3, -0.25) is 0 Å². The molecule has 0 bridgehead atoms. The van der Waals surface area contributed by atoms with E-state index in [1.54, 1.807) is 57.5 Å². The van der Waals surface area contributed by atoms with Crippen molar-refractivity contribution in [1.82, 2.24) is 0 Å². The molecule has 3 aromatic carbocycles. The van der Waals surface area contributed by atoms with Crippen molar-refractivity contribution in [3.8, 4) is 23.0 Å². The number of rotatable bonds is 11. The van der Waals surface area contributed by atoms with Crippen LogP contribution < -0.4 is 29.6 Å². The van der Waals surface area contributed by atoms with Gasteiger partial charge in [-0.05, 0) is 43.3 Å². The number of benzene rings is 3. The van der Waals surface area contributed by atoms with Crippen LogP contribution in [0, 0.1) is 0 Å². The molecule has 10 heteroatoms. The first-order valence-electron chi connectivity index (χ1n) is 10.9. The Morgan fingerprint density at radius 2 is 1.17 bits per heavy atom. The third-order valence-corrected chi connectivity index (χ3v) is 5.24. The van der Waals surface area contributed by atoms with E-state index in [2.05, 4.69) is 10.6 Å². The predicted molar refractivity (Wildman–Crippen MR) is 135 cm³/mol. The number of hydrogen-bond acceptors (Lipinski definition) is 9. The number of carboxylic acids is 1. The number of nitrogens with one attached hydrogen (secondary N) is 2. The molecule has 3 N–H and O–H groups in total. The van der Waals surface area contributed by atoms with E-state index in [4.69, 9.17) is 23.7 Å². The largest absolute Gasteiger partial charge is 0.497 e. The highest BCUT2D eigenvalue weighted by Crippen LogP contribution is 2.39. The third kappa shape index (κ3) is 5.72. The summed E-state index contributed by atoms with van der Waals surface area (Å²) in [5.74, 6) is 0.0790. The molecule has 36 heavy (non-hydrogen) atoms. The zero-order valence-electron chi connectivity index (χ0n) is 20.6. The van der Waals surface area contributed by atoms with Crippen molar-refractivity contribution in [3.63, 3.8) is 0 Å². The molecule has 0 amide bonds. The number of ether oxygens (including phenoxy) is 5. The van der Waals surface area contributed by atoms with E-state index in [1.165, 1.54) is 26.4 Å². The fourth-order valence-corrected chi connectivity index (χ4v) is 3.45. The van der Waals surface area contributed by atoms with E-state index >= 15 is 0 Å². The van der Waals surface area contributed by atoms with Crippen molar-refractivity contribution < 1.29 is 38.4 Å². The Balaban J connectivity index is 2.18. The highest BCUT2D eigenvalue weighted by atomic mass is 16.5. The Labute approximate surface area is 208 Å². The minimum absolute atomic E-state index is 0.0933. The number of hydrogen-bond donors (Lipinski definition) is 3. The van der Waals surface area contributed by atoms with Gasteiger partial charge in [0.15, 0.2) is 0 Å². The molecule has 190 valence electrons. The summed E-state index contributed by atoms with van der Waals surface area (Å²) in [6.07, 6.45) is 0. The van der Waals surface area contributed by atoms with Crippen LogP contribution in [0.4, 0.5) is 22.7 Å². The fraction of sp³-hybridized carbons (Fsp3) is 0.231. The molecule has 0 aliphatic heterocycles. The molecule has 0 saturated carbocycles. The molecule has 0 aromatic heterocycles. The van der Waals surface area contributed by atoms with Crippen LogP contribution in [0.3, 0.4) is 0 Å². The second kappa shape index (κ2) is 11.7. The summed E-state index contributed by atoms with van der Waals surface area (Å²) in [6, 6.07) is 13.1. The van der Waals surface area contributed by atoms with Gasteiger partial charge in [-0.2, -0.15) is 0 Å². The van der Waals surface area contributed by atoms with Crippen LogP contribution in [0.25, 0.3) is 0 Å². The quantitative estimate of drug-likeness (QED) is 0.309. The molecule has 0 fully saturated rings. The van der Waals surface area contributed by atoms with E-state index in [-0.39, 0.29) is 17.7 Å². The zero-order valence-corrected chi connectivity index (χ0v) is 20.6. The molecule has 0 aliphatic rings. The Morgan fingerprint density at radius 3 is 1.56 bits per heavy atom. The molecule has 0 saturated heterocycles. The second-order valence-corrected chi connectivity index (χ2v) is 7.35. The molecule has 0 spiro atoms. The number of carbonyl (C=O) groups is 2. The van der Waals surface area contributed by atoms with Gasteiger partial charge in [0, 0.05) is 12.1 Å². The average Bonchev–Trinajstić information content (AvgIpc) is 2.89. The predicted octanol–water partition coefficient (Wildman–Crippen LogP) is 5.08. The molecule has 0 aliphatic carbocycles. The highest BCUT2D eigenvalue weighted by molar-refractivity contribution is 6.05. The van der Waals surface area contributed by atoms with Crippen LogP contribution >= 0.6 is 0 Å². The van der Waals surface area contributed by atoms with E-state index < -0.39 is 11.9 Å². The topological polar surface area (TPSA) is 125 Å². The standard InChI is InChI=1S/C26H28N2O8/c1-6-36-26(31)18-14-22(28-20-10-8-16(33-3)12-24(20)35-5)21(13-17(18)25(29)30)27-19-9-7-15(32-2)11-23(19)34-4/h7-14,27-28H,6H2,1-5H3,(H,29,30). The van der Waals surface area contributed by atoms with Gasteiger partial charge in [-0.1, -0.05) is 0 Å². The van der Waals surface area contributed by atoms with Crippen LogP contribution in [-0.4, -0.2) is 52.1 Å². The number of anilines is 4. The van der Waals surface area contributed by atoms with Crippen LogP contribution in [0.2, 0.25) is 0 Å².